The van der Waals surface area contributed by atoms with Crippen LogP contribution in [0.4, 0.5) is 0 Å². The predicted octanol–water partition coefficient (Wildman–Crippen LogP) is 3.20. The first-order valence-corrected chi connectivity index (χ1v) is 8.96. The number of hydrogen-bond acceptors (Lipinski definition) is 4. The van der Waals surface area contributed by atoms with Gasteiger partial charge < -0.3 is 13.9 Å². The van der Waals surface area contributed by atoms with Crippen LogP contribution in [0.15, 0.2) is 52.2 Å². The van der Waals surface area contributed by atoms with Gasteiger partial charge in [-0.2, -0.15) is 0 Å². The van der Waals surface area contributed by atoms with Gasteiger partial charge in [-0.05, 0) is 37.0 Å². The van der Waals surface area contributed by atoms with Crippen LogP contribution in [0, 0.1) is 5.92 Å². The first-order chi connectivity index (χ1) is 12.6. The third-order valence-corrected chi connectivity index (χ3v) is 5.07. The topological polar surface area (TPSA) is 68.3 Å². The molecule has 0 radical (unpaired) electrons. The minimum Gasteiger partial charge on any atom is -0.451 e. The quantitative estimate of drug-likeness (QED) is 0.709. The van der Waals surface area contributed by atoms with Gasteiger partial charge in [0.15, 0.2) is 11.2 Å². The molecule has 0 bridgehead atoms. The molecule has 0 atom stereocenters. The molecule has 4 rings (SSSR count). The molecule has 134 valence electrons. The Morgan fingerprint density at radius 3 is 2.81 bits per heavy atom. The molecule has 7 heteroatoms. The number of hydrogen-bond donors (Lipinski definition) is 0. The van der Waals surface area contributed by atoms with Gasteiger partial charge in [0.2, 0.25) is 0 Å². The lowest BCUT2D eigenvalue weighted by Gasteiger charge is -2.31. The second-order valence-corrected chi connectivity index (χ2v) is 7.05. The third-order valence-electron chi connectivity index (χ3n) is 4.83. The molecular formula is C19H18ClN3O3. The monoisotopic (exact) mass is 371 g/mol. The number of aromatic nitrogens is 2. The van der Waals surface area contributed by atoms with E-state index >= 15 is 0 Å². The summed E-state index contributed by atoms with van der Waals surface area (Å²) in [4.78, 5) is 30.8. The molecule has 0 unspecified atom stereocenters. The minimum absolute atomic E-state index is 0.0814. The van der Waals surface area contributed by atoms with Gasteiger partial charge >= 0.3 is 0 Å². The van der Waals surface area contributed by atoms with E-state index in [9.17, 15) is 9.59 Å². The maximum absolute atomic E-state index is 12.7. The first-order valence-electron chi connectivity index (χ1n) is 8.58. The lowest BCUT2D eigenvalue weighted by molar-refractivity contribution is 0.0651. The third kappa shape index (κ3) is 3.37. The van der Waals surface area contributed by atoms with Crippen LogP contribution in [0.1, 0.15) is 23.4 Å². The van der Waals surface area contributed by atoms with Crippen molar-refractivity contribution in [1.29, 1.82) is 0 Å². The van der Waals surface area contributed by atoms with E-state index < -0.39 is 0 Å². The molecule has 6 nitrogen and oxygen atoms in total. The summed E-state index contributed by atoms with van der Waals surface area (Å²) in [6.07, 6.45) is 7.36. The van der Waals surface area contributed by atoms with E-state index in [-0.39, 0.29) is 17.1 Å². The van der Waals surface area contributed by atoms with Crippen molar-refractivity contribution in [3.05, 3.63) is 64.0 Å². The van der Waals surface area contributed by atoms with Crippen LogP contribution in [0.25, 0.3) is 11.0 Å². The summed E-state index contributed by atoms with van der Waals surface area (Å²) < 4.78 is 7.73. The van der Waals surface area contributed by atoms with Crippen LogP contribution in [0.2, 0.25) is 5.02 Å². The number of benzene rings is 1. The van der Waals surface area contributed by atoms with Gasteiger partial charge in [-0.15, -0.1) is 0 Å². The fourth-order valence-electron chi connectivity index (χ4n) is 3.40. The van der Waals surface area contributed by atoms with Crippen LogP contribution in [0.5, 0.6) is 0 Å². The molecule has 3 aromatic rings. The van der Waals surface area contributed by atoms with Gasteiger partial charge in [0.1, 0.15) is 5.58 Å². The van der Waals surface area contributed by atoms with Crippen molar-refractivity contribution in [2.45, 2.75) is 19.4 Å². The SMILES string of the molecule is O=C(c1cc(=O)c2cc(Cl)ccc2o1)N1CCC(Cn2ccnc2)CC1. The van der Waals surface area contributed by atoms with E-state index in [1.54, 1.807) is 29.3 Å². The second-order valence-electron chi connectivity index (χ2n) is 6.61. The number of fused-ring (bicyclic) bond motifs is 1. The Kier molecular flexibility index (Phi) is 4.51. The maximum Gasteiger partial charge on any atom is 0.289 e. The second kappa shape index (κ2) is 6.96. The van der Waals surface area contributed by atoms with Crippen molar-refractivity contribution < 1.29 is 9.21 Å². The normalized spacial score (nSPS) is 15.5. The van der Waals surface area contributed by atoms with Crippen molar-refractivity contribution in [3.63, 3.8) is 0 Å². The lowest BCUT2D eigenvalue weighted by Crippen LogP contribution is -2.39. The number of carbonyl (C=O) groups excluding carboxylic acids is 1. The number of piperidine rings is 1. The highest BCUT2D eigenvalue weighted by Crippen LogP contribution is 2.22. The van der Waals surface area contributed by atoms with Crippen molar-refractivity contribution in [1.82, 2.24) is 14.5 Å². The van der Waals surface area contributed by atoms with E-state index in [4.69, 9.17) is 16.0 Å². The van der Waals surface area contributed by atoms with Crippen molar-refractivity contribution >= 4 is 28.5 Å². The predicted molar refractivity (Wildman–Crippen MR) is 98.3 cm³/mol. The number of nitrogens with zero attached hydrogens (tertiary/aromatic N) is 3. The Morgan fingerprint density at radius 2 is 2.08 bits per heavy atom. The van der Waals surface area contributed by atoms with E-state index in [0.717, 1.165) is 19.4 Å². The summed E-state index contributed by atoms with van der Waals surface area (Å²) in [6.45, 7) is 2.22. The summed E-state index contributed by atoms with van der Waals surface area (Å²) in [5.74, 6) is 0.358. The fourth-order valence-corrected chi connectivity index (χ4v) is 3.57. The van der Waals surface area contributed by atoms with Gasteiger partial charge in [-0.25, -0.2) is 4.98 Å². The largest absolute Gasteiger partial charge is 0.451 e. The Morgan fingerprint density at radius 1 is 1.27 bits per heavy atom. The zero-order chi connectivity index (χ0) is 18.1. The highest BCUT2D eigenvalue weighted by atomic mass is 35.5. The average Bonchev–Trinajstić information content (AvgIpc) is 3.15. The molecule has 1 aliphatic rings. The minimum atomic E-state index is -0.257. The summed E-state index contributed by atoms with van der Waals surface area (Å²) in [5, 5.41) is 0.844. The molecular weight excluding hydrogens is 354 g/mol. The van der Waals surface area contributed by atoms with E-state index in [1.165, 1.54) is 6.07 Å². The number of likely N-dealkylation sites (tertiary alicyclic amines) is 1. The van der Waals surface area contributed by atoms with Gasteiger partial charge in [-0.1, -0.05) is 11.6 Å². The zero-order valence-electron chi connectivity index (χ0n) is 14.1. The molecule has 1 amide bonds. The van der Waals surface area contributed by atoms with Crippen LogP contribution >= 0.6 is 11.6 Å². The van der Waals surface area contributed by atoms with Crippen LogP contribution in [-0.2, 0) is 6.54 Å². The van der Waals surface area contributed by atoms with Crippen molar-refractivity contribution in [3.8, 4) is 0 Å². The Labute approximate surface area is 155 Å². The maximum atomic E-state index is 12.7. The fraction of sp³-hybridized carbons (Fsp3) is 0.316. The van der Waals surface area contributed by atoms with Gasteiger partial charge in [-0.3, -0.25) is 9.59 Å². The van der Waals surface area contributed by atoms with E-state index in [2.05, 4.69) is 9.55 Å². The molecule has 0 saturated carbocycles. The van der Waals surface area contributed by atoms with Crippen molar-refractivity contribution in [2.75, 3.05) is 13.1 Å². The molecule has 3 heterocycles. The van der Waals surface area contributed by atoms with E-state index in [0.29, 0.717) is 35.0 Å². The number of rotatable bonds is 3. The summed E-state index contributed by atoms with van der Waals surface area (Å²) in [7, 11) is 0. The van der Waals surface area contributed by atoms with Crippen molar-refractivity contribution in [2.24, 2.45) is 5.92 Å². The molecule has 0 spiro atoms. The number of imidazole rings is 1. The van der Waals surface area contributed by atoms with E-state index in [1.807, 2.05) is 12.5 Å². The zero-order valence-corrected chi connectivity index (χ0v) is 14.9. The summed E-state index contributed by atoms with van der Waals surface area (Å²) in [5.41, 5.74) is 0.118. The van der Waals surface area contributed by atoms with Crippen LogP contribution < -0.4 is 5.43 Å². The Hall–Kier alpha value is -2.60. The summed E-state index contributed by atoms with van der Waals surface area (Å²) in [6, 6.07) is 6.08. The smallest absolute Gasteiger partial charge is 0.289 e. The molecule has 1 fully saturated rings. The van der Waals surface area contributed by atoms with Crippen LogP contribution in [0.3, 0.4) is 0 Å². The van der Waals surface area contributed by atoms with Crippen LogP contribution in [-0.4, -0.2) is 33.4 Å². The number of halogens is 1. The standard InChI is InChI=1S/C19H18ClN3O3/c20-14-1-2-17-15(9-14)16(24)10-18(26-17)19(25)23-6-3-13(4-7-23)11-22-8-5-21-12-22/h1-2,5,8-10,12-13H,3-4,6-7,11H2. The van der Waals surface area contributed by atoms with Gasteiger partial charge in [0, 0.05) is 43.1 Å². The molecule has 2 aromatic heterocycles. The summed E-state index contributed by atoms with van der Waals surface area (Å²) >= 11 is 5.92. The number of carbonyl (C=O) groups is 1. The molecule has 1 aliphatic heterocycles. The highest BCUT2D eigenvalue weighted by molar-refractivity contribution is 6.31. The Bertz CT molecular complexity index is 989. The molecule has 26 heavy (non-hydrogen) atoms. The lowest BCUT2D eigenvalue weighted by atomic mass is 9.96. The number of amides is 1. The first kappa shape index (κ1) is 16.8. The Balaban J connectivity index is 1.47. The average molecular weight is 372 g/mol. The van der Waals surface area contributed by atoms with Gasteiger partial charge in [0.05, 0.1) is 11.7 Å². The molecule has 1 saturated heterocycles. The van der Waals surface area contributed by atoms with Gasteiger partial charge in [0.25, 0.3) is 5.91 Å². The molecule has 0 N–H and O–H groups in total. The molecule has 0 aliphatic carbocycles. The highest BCUT2D eigenvalue weighted by Gasteiger charge is 2.25. The molecule has 1 aromatic carbocycles.